The summed E-state index contributed by atoms with van der Waals surface area (Å²) < 4.78 is 0. The molecule has 4 bridgehead atoms. The fourth-order valence-corrected chi connectivity index (χ4v) is 6.56. The molecule has 4 fully saturated rings. The van der Waals surface area contributed by atoms with E-state index in [1.165, 1.54) is 24.8 Å². The Morgan fingerprint density at radius 1 is 0.931 bits per heavy atom. The SMILES string of the molecule is O=C(NC12CC3CC(CC(C3)C1)C2)[C@H](NCc1ccccc1)c1ccc(Cl)cc1. The first-order chi connectivity index (χ1) is 14.1. The van der Waals surface area contributed by atoms with Gasteiger partial charge in [0, 0.05) is 17.1 Å². The summed E-state index contributed by atoms with van der Waals surface area (Å²) in [7, 11) is 0. The number of carbonyl (C=O) groups excluding carboxylic acids is 1. The first-order valence-electron chi connectivity index (χ1n) is 10.9. The van der Waals surface area contributed by atoms with Crippen LogP contribution in [0.1, 0.15) is 55.7 Å². The van der Waals surface area contributed by atoms with Crippen LogP contribution in [0, 0.1) is 17.8 Å². The summed E-state index contributed by atoms with van der Waals surface area (Å²) >= 11 is 6.09. The molecule has 0 aliphatic heterocycles. The summed E-state index contributed by atoms with van der Waals surface area (Å²) in [6.07, 6.45) is 7.62. The maximum absolute atomic E-state index is 13.5. The second-order valence-electron chi connectivity index (χ2n) is 9.54. The van der Waals surface area contributed by atoms with Crippen molar-refractivity contribution in [2.24, 2.45) is 17.8 Å². The molecule has 0 heterocycles. The summed E-state index contributed by atoms with van der Waals surface area (Å²) in [6, 6.07) is 17.5. The molecule has 2 aromatic rings. The van der Waals surface area contributed by atoms with Crippen molar-refractivity contribution in [2.75, 3.05) is 0 Å². The van der Waals surface area contributed by atoms with E-state index in [2.05, 4.69) is 22.8 Å². The average molecular weight is 409 g/mol. The zero-order chi connectivity index (χ0) is 19.8. The van der Waals surface area contributed by atoms with Gasteiger partial charge < -0.3 is 5.32 Å². The van der Waals surface area contributed by atoms with Gasteiger partial charge in [-0.15, -0.1) is 0 Å². The van der Waals surface area contributed by atoms with Gasteiger partial charge in [-0.25, -0.2) is 0 Å². The van der Waals surface area contributed by atoms with Crippen LogP contribution in [-0.4, -0.2) is 11.4 Å². The van der Waals surface area contributed by atoms with Crippen LogP contribution >= 0.6 is 11.6 Å². The highest BCUT2D eigenvalue weighted by Crippen LogP contribution is 2.55. The molecule has 0 radical (unpaired) electrons. The molecule has 2 aromatic carbocycles. The van der Waals surface area contributed by atoms with E-state index in [9.17, 15) is 4.79 Å². The van der Waals surface area contributed by atoms with Crippen molar-refractivity contribution in [3.05, 3.63) is 70.7 Å². The maximum atomic E-state index is 13.5. The van der Waals surface area contributed by atoms with Crippen LogP contribution < -0.4 is 10.6 Å². The number of halogens is 1. The average Bonchev–Trinajstić information content (AvgIpc) is 2.69. The number of benzene rings is 2. The molecule has 3 nitrogen and oxygen atoms in total. The highest BCUT2D eigenvalue weighted by molar-refractivity contribution is 6.30. The molecule has 0 unspecified atom stereocenters. The Hall–Kier alpha value is -1.84. The molecule has 0 aromatic heterocycles. The van der Waals surface area contributed by atoms with E-state index in [1.807, 2.05) is 42.5 Å². The van der Waals surface area contributed by atoms with Crippen LogP contribution in [0.5, 0.6) is 0 Å². The van der Waals surface area contributed by atoms with Crippen LogP contribution in [0.2, 0.25) is 5.02 Å². The third kappa shape index (κ3) is 4.08. The molecular formula is C25H29ClN2O. The van der Waals surface area contributed by atoms with Gasteiger partial charge in [0.25, 0.3) is 0 Å². The van der Waals surface area contributed by atoms with Crippen molar-refractivity contribution in [3.8, 4) is 0 Å². The Morgan fingerprint density at radius 2 is 1.52 bits per heavy atom. The van der Waals surface area contributed by atoms with Crippen molar-refractivity contribution < 1.29 is 4.79 Å². The zero-order valence-corrected chi connectivity index (χ0v) is 17.5. The molecule has 29 heavy (non-hydrogen) atoms. The van der Waals surface area contributed by atoms with Gasteiger partial charge in [-0.05, 0) is 79.5 Å². The molecule has 6 rings (SSSR count). The monoisotopic (exact) mass is 408 g/mol. The standard InChI is InChI=1S/C25H29ClN2O/c26-22-8-6-21(7-9-22)23(27-16-17-4-2-1-3-5-17)24(29)28-25-13-18-10-19(14-25)12-20(11-18)15-25/h1-9,18-20,23,27H,10-16H2,(H,28,29)/t18?,19?,20?,23-,25?/m1/s1. The van der Waals surface area contributed by atoms with Crippen molar-refractivity contribution in [1.29, 1.82) is 0 Å². The quantitative estimate of drug-likeness (QED) is 0.684. The lowest BCUT2D eigenvalue weighted by atomic mass is 9.53. The Balaban J connectivity index is 1.35. The Labute approximate surface area is 178 Å². The highest BCUT2D eigenvalue weighted by atomic mass is 35.5. The first-order valence-corrected chi connectivity index (χ1v) is 11.3. The second kappa shape index (κ2) is 7.77. The highest BCUT2D eigenvalue weighted by Gasteiger charge is 2.51. The number of carbonyl (C=O) groups is 1. The van der Waals surface area contributed by atoms with E-state index in [-0.39, 0.29) is 17.5 Å². The summed E-state index contributed by atoms with van der Waals surface area (Å²) in [5.74, 6) is 2.54. The minimum absolute atomic E-state index is 0.0188. The molecule has 0 spiro atoms. The minimum atomic E-state index is -0.375. The van der Waals surface area contributed by atoms with Crippen LogP contribution in [0.25, 0.3) is 0 Å². The smallest absolute Gasteiger partial charge is 0.242 e. The summed E-state index contributed by atoms with van der Waals surface area (Å²) in [6.45, 7) is 0.655. The van der Waals surface area contributed by atoms with Crippen LogP contribution in [0.15, 0.2) is 54.6 Å². The lowest BCUT2D eigenvalue weighted by Crippen LogP contribution is -2.61. The van der Waals surface area contributed by atoms with Crippen LogP contribution in [0.3, 0.4) is 0 Å². The Kier molecular flexibility index (Phi) is 5.13. The molecule has 4 aliphatic carbocycles. The Morgan fingerprint density at radius 3 is 2.10 bits per heavy atom. The van der Waals surface area contributed by atoms with Crippen LogP contribution in [0.4, 0.5) is 0 Å². The predicted molar refractivity (Wildman–Crippen MR) is 117 cm³/mol. The van der Waals surface area contributed by atoms with E-state index in [0.29, 0.717) is 11.6 Å². The third-order valence-electron chi connectivity index (χ3n) is 7.25. The van der Waals surface area contributed by atoms with Gasteiger partial charge in [0.15, 0.2) is 0 Å². The maximum Gasteiger partial charge on any atom is 0.242 e. The topological polar surface area (TPSA) is 41.1 Å². The molecule has 152 valence electrons. The number of nitrogens with one attached hydrogen (secondary N) is 2. The molecule has 4 heteroatoms. The van der Waals surface area contributed by atoms with Gasteiger partial charge in [0.2, 0.25) is 5.91 Å². The van der Waals surface area contributed by atoms with Crippen molar-refractivity contribution in [1.82, 2.24) is 10.6 Å². The fraction of sp³-hybridized carbons (Fsp3) is 0.480. The van der Waals surface area contributed by atoms with Gasteiger partial charge in [-0.2, -0.15) is 0 Å². The van der Waals surface area contributed by atoms with Crippen molar-refractivity contribution in [2.45, 2.75) is 56.7 Å². The summed E-state index contributed by atoms with van der Waals surface area (Å²) in [4.78, 5) is 13.5. The van der Waals surface area contributed by atoms with Gasteiger partial charge in [0.05, 0.1) is 0 Å². The van der Waals surface area contributed by atoms with E-state index in [4.69, 9.17) is 11.6 Å². The molecule has 0 saturated heterocycles. The van der Waals surface area contributed by atoms with E-state index < -0.39 is 0 Å². The van der Waals surface area contributed by atoms with E-state index in [0.717, 1.165) is 42.6 Å². The Bertz CT molecular complexity index is 829. The molecule has 4 saturated carbocycles. The van der Waals surface area contributed by atoms with Gasteiger partial charge in [-0.3, -0.25) is 10.1 Å². The first kappa shape index (κ1) is 19.1. The van der Waals surface area contributed by atoms with E-state index in [1.54, 1.807) is 0 Å². The third-order valence-corrected chi connectivity index (χ3v) is 7.50. The van der Waals surface area contributed by atoms with Gasteiger partial charge >= 0.3 is 0 Å². The molecule has 1 amide bonds. The largest absolute Gasteiger partial charge is 0.349 e. The lowest BCUT2D eigenvalue weighted by molar-refractivity contribution is -0.129. The molecule has 4 aliphatic rings. The number of hydrogen-bond acceptors (Lipinski definition) is 2. The minimum Gasteiger partial charge on any atom is -0.349 e. The number of rotatable bonds is 6. The summed E-state index contributed by atoms with van der Waals surface area (Å²) in [5, 5.41) is 7.73. The second-order valence-corrected chi connectivity index (χ2v) is 9.97. The number of hydrogen-bond donors (Lipinski definition) is 2. The lowest BCUT2D eigenvalue weighted by Gasteiger charge is -2.57. The summed E-state index contributed by atoms with van der Waals surface area (Å²) in [5.41, 5.74) is 2.16. The van der Waals surface area contributed by atoms with Crippen LogP contribution in [-0.2, 0) is 11.3 Å². The van der Waals surface area contributed by atoms with Crippen molar-refractivity contribution in [3.63, 3.8) is 0 Å². The molecular weight excluding hydrogens is 380 g/mol. The number of amides is 1. The normalized spacial score (nSPS) is 30.9. The van der Waals surface area contributed by atoms with Gasteiger partial charge in [-0.1, -0.05) is 54.1 Å². The molecule has 1 atom stereocenters. The predicted octanol–water partition coefficient (Wildman–Crippen LogP) is 5.26. The fourth-order valence-electron chi connectivity index (χ4n) is 6.43. The van der Waals surface area contributed by atoms with Gasteiger partial charge in [0.1, 0.15) is 6.04 Å². The van der Waals surface area contributed by atoms with E-state index >= 15 is 0 Å². The molecule has 2 N–H and O–H groups in total. The van der Waals surface area contributed by atoms with Crippen molar-refractivity contribution >= 4 is 17.5 Å². The zero-order valence-electron chi connectivity index (χ0n) is 16.7.